The minimum absolute atomic E-state index is 0.203. The number of hydrogen-bond acceptors (Lipinski definition) is 5. The van der Waals surface area contributed by atoms with Crippen molar-refractivity contribution in [3.05, 3.63) is 54.1 Å². The summed E-state index contributed by atoms with van der Waals surface area (Å²) in [4.78, 5) is 38.4. The van der Waals surface area contributed by atoms with Gasteiger partial charge in [0.1, 0.15) is 11.8 Å². The number of carbonyl (C=O) groups is 3. The van der Waals surface area contributed by atoms with E-state index in [1.165, 1.54) is 0 Å². The van der Waals surface area contributed by atoms with Crippen molar-refractivity contribution in [1.29, 1.82) is 0 Å². The fourth-order valence-corrected chi connectivity index (χ4v) is 3.23. The molecule has 0 saturated carbocycles. The second-order valence-electron chi connectivity index (χ2n) is 7.12. The van der Waals surface area contributed by atoms with Crippen LogP contribution in [0.3, 0.4) is 0 Å². The summed E-state index contributed by atoms with van der Waals surface area (Å²) in [6.45, 7) is 4.57. The van der Waals surface area contributed by atoms with Crippen LogP contribution in [0.1, 0.15) is 30.6 Å². The number of hydrogen-bond donors (Lipinski definition) is 3. The molecule has 0 fully saturated rings. The van der Waals surface area contributed by atoms with Gasteiger partial charge in [0.05, 0.1) is 12.2 Å². The number of anilines is 2. The number of nitrogens with zero attached hydrogens (tertiary/aromatic N) is 1. The zero-order valence-electron chi connectivity index (χ0n) is 17.1. The van der Waals surface area contributed by atoms with Crippen molar-refractivity contribution in [2.75, 3.05) is 23.3 Å². The number of amides is 3. The van der Waals surface area contributed by atoms with E-state index >= 15 is 0 Å². The van der Waals surface area contributed by atoms with E-state index in [1.807, 2.05) is 30.0 Å². The Morgan fingerprint density at radius 3 is 2.53 bits per heavy atom. The first-order valence-electron chi connectivity index (χ1n) is 9.91. The van der Waals surface area contributed by atoms with E-state index in [0.717, 1.165) is 12.1 Å². The second-order valence-corrected chi connectivity index (χ2v) is 7.12. The van der Waals surface area contributed by atoms with Gasteiger partial charge in [-0.25, -0.2) is 0 Å². The highest BCUT2D eigenvalue weighted by Crippen LogP contribution is 2.34. The fraction of sp³-hybridized carbons (Fsp3) is 0.318. The van der Waals surface area contributed by atoms with Gasteiger partial charge in [-0.3, -0.25) is 14.4 Å². The summed E-state index contributed by atoms with van der Waals surface area (Å²) < 4.78 is 5.88. The number of nitrogens with two attached hydrogens (primary N) is 1. The minimum Gasteiger partial charge on any atom is -0.477 e. The van der Waals surface area contributed by atoms with Crippen LogP contribution in [0.4, 0.5) is 11.4 Å². The molecule has 1 aliphatic heterocycles. The van der Waals surface area contributed by atoms with Gasteiger partial charge in [0.15, 0.2) is 6.10 Å². The van der Waals surface area contributed by atoms with Crippen LogP contribution in [0, 0.1) is 0 Å². The zero-order chi connectivity index (χ0) is 21.7. The Kier molecular flexibility index (Phi) is 6.56. The van der Waals surface area contributed by atoms with Crippen LogP contribution >= 0.6 is 0 Å². The minimum atomic E-state index is -0.712. The smallest absolute Gasteiger partial charge is 0.262 e. The Bertz CT molecular complexity index is 929. The Labute approximate surface area is 175 Å². The molecular weight excluding hydrogens is 384 g/mol. The highest BCUT2D eigenvalue weighted by Gasteiger charge is 2.34. The fourth-order valence-electron chi connectivity index (χ4n) is 3.23. The maximum atomic E-state index is 12.9. The van der Waals surface area contributed by atoms with E-state index in [4.69, 9.17) is 10.5 Å². The van der Waals surface area contributed by atoms with Crippen molar-refractivity contribution >= 4 is 29.1 Å². The molecule has 1 heterocycles. The summed E-state index contributed by atoms with van der Waals surface area (Å²) in [7, 11) is 0. The predicted octanol–water partition coefficient (Wildman–Crippen LogP) is 1.91. The zero-order valence-corrected chi connectivity index (χ0v) is 17.1. The van der Waals surface area contributed by atoms with Crippen molar-refractivity contribution in [2.45, 2.75) is 32.4 Å². The molecule has 158 valence electrons. The van der Waals surface area contributed by atoms with Crippen LogP contribution < -0.4 is 26.0 Å². The average molecular weight is 410 g/mol. The third-order valence-corrected chi connectivity index (χ3v) is 4.93. The number of para-hydroxylation sites is 2. The predicted molar refractivity (Wildman–Crippen MR) is 115 cm³/mol. The van der Waals surface area contributed by atoms with Crippen molar-refractivity contribution in [1.82, 2.24) is 5.32 Å². The molecule has 0 radical (unpaired) electrons. The standard InChI is InChI=1S/C22H26N4O4/c1-3-12-24-22(29)19-13-26(17-6-4-5-7-18(17)30-19)14(2)21(28)25-16-10-8-15(9-11-16)20(23)27/h4-11,14,19H,3,12-13H2,1-2H3,(H2,23,27)(H,24,29)(H,25,28)/t14-,19-/m0/s1. The number of primary amides is 1. The van der Waals surface area contributed by atoms with Crippen LogP contribution in [-0.4, -0.2) is 43.0 Å². The summed E-state index contributed by atoms with van der Waals surface area (Å²) in [6, 6.07) is 13.1. The first kappa shape index (κ1) is 21.2. The largest absolute Gasteiger partial charge is 0.477 e. The molecule has 0 unspecified atom stereocenters. The average Bonchev–Trinajstić information content (AvgIpc) is 2.76. The van der Waals surface area contributed by atoms with Gasteiger partial charge >= 0.3 is 0 Å². The van der Waals surface area contributed by atoms with Gasteiger partial charge < -0.3 is 26.0 Å². The Hall–Kier alpha value is -3.55. The quantitative estimate of drug-likeness (QED) is 0.645. The molecule has 8 nitrogen and oxygen atoms in total. The summed E-state index contributed by atoms with van der Waals surface area (Å²) >= 11 is 0. The number of ether oxygens (including phenoxy) is 1. The van der Waals surface area contributed by atoms with Gasteiger partial charge in [0.25, 0.3) is 5.91 Å². The molecule has 30 heavy (non-hydrogen) atoms. The molecular formula is C22H26N4O4. The summed E-state index contributed by atoms with van der Waals surface area (Å²) in [5, 5.41) is 5.69. The first-order chi connectivity index (χ1) is 14.4. The summed E-state index contributed by atoms with van der Waals surface area (Å²) in [5.74, 6) is -0.415. The molecule has 2 aromatic rings. The highest BCUT2D eigenvalue weighted by atomic mass is 16.5. The lowest BCUT2D eigenvalue weighted by Gasteiger charge is -2.38. The van der Waals surface area contributed by atoms with E-state index in [2.05, 4.69) is 10.6 Å². The Balaban J connectivity index is 1.76. The molecule has 1 aliphatic rings. The van der Waals surface area contributed by atoms with Gasteiger partial charge in [-0.1, -0.05) is 19.1 Å². The second kappa shape index (κ2) is 9.30. The van der Waals surface area contributed by atoms with Gasteiger partial charge in [-0.05, 0) is 49.7 Å². The molecule has 0 bridgehead atoms. The molecule has 4 N–H and O–H groups in total. The van der Waals surface area contributed by atoms with Crippen LogP contribution in [-0.2, 0) is 9.59 Å². The lowest BCUT2D eigenvalue weighted by Crippen LogP contribution is -2.54. The van der Waals surface area contributed by atoms with Crippen LogP contribution in [0.2, 0.25) is 0 Å². The van der Waals surface area contributed by atoms with Crippen LogP contribution in [0.5, 0.6) is 5.75 Å². The van der Waals surface area contributed by atoms with Crippen LogP contribution in [0.15, 0.2) is 48.5 Å². The van der Waals surface area contributed by atoms with E-state index < -0.39 is 18.1 Å². The Morgan fingerprint density at radius 1 is 1.17 bits per heavy atom. The van der Waals surface area contributed by atoms with Gasteiger partial charge in [-0.2, -0.15) is 0 Å². The van der Waals surface area contributed by atoms with Gasteiger partial charge in [0.2, 0.25) is 11.8 Å². The third kappa shape index (κ3) is 4.71. The molecule has 0 spiro atoms. The number of rotatable bonds is 7. The van der Waals surface area contributed by atoms with E-state index in [-0.39, 0.29) is 18.4 Å². The van der Waals surface area contributed by atoms with Gasteiger partial charge in [-0.15, -0.1) is 0 Å². The highest BCUT2D eigenvalue weighted by molar-refractivity contribution is 5.98. The maximum absolute atomic E-state index is 12.9. The molecule has 2 atom stereocenters. The number of nitrogens with one attached hydrogen (secondary N) is 2. The summed E-state index contributed by atoms with van der Waals surface area (Å²) in [6.07, 6.45) is 0.114. The van der Waals surface area contributed by atoms with Crippen molar-refractivity contribution in [3.63, 3.8) is 0 Å². The Morgan fingerprint density at radius 2 is 1.87 bits per heavy atom. The SMILES string of the molecule is CCCNC(=O)[C@@H]1CN([C@@H](C)C(=O)Nc2ccc(C(N)=O)cc2)c2ccccc2O1. The third-order valence-electron chi connectivity index (χ3n) is 4.93. The number of carbonyl (C=O) groups excluding carboxylic acids is 3. The molecule has 0 aliphatic carbocycles. The molecule has 2 aromatic carbocycles. The van der Waals surface area contributed by atoms with Crippen LogP contribution in [0.25, 0.3) is 0 Å². The lowest BCUT2D eigenvalue weighted by atomic mass is 10.1. The number of fused-ring (bicyclic) bond motifs is 1. The van der Waals surface area contributed by atoms with E-state index in [0.29, 0.717) is 23.5 Å². The van der Waals surface area contributed by atoms with Crippen molar-refractivity contribution < 1.29 is 19.1 Å². The van der Waals surface area contributed by atoms with E-state index in [1.54, 1.807) is 37.3 Å². The summed E-state index contributed by atoms with van der Waals surface area (Å²) in [5.41, 5.74) is 6.92. The van der Waals surface area contributed by atoms with Gasteiger partial charge in [0, 0.05) is 17.8 Å². The van der Waals surface area contributed by atoms with Crippen molar-refractivity contribution in [2.24, 2.45) is 5.73 Å². The monoisotopic (exact) mass is 410 g/mol. The molecule has 3 amide bonds. The van der Waals surface area contributed by atoms with E-state index in [9.17, 15) is 14.4 Å². The molecule has 0 aromatic heterocycles. The first-order valence-corrected chi connectivity index (χ1v) is 9.91. The number of benzene rings is 2. The molecule has 0 saturated heterocycles. The normalized spacial score (nSPS) is 16.1. The lowest BCUT2D eigenvalue weighted by molar-refractivity contribution is -0.128. The molecule has 3 rings (SSSR count). The maximum Gasteiger partial charge on any atom is 0.262 e. The topological polar surface area (TPSA) is 114 Å². The molecule has 8 heteroatoms. The van der Waals surface area contributed by atoms with Crippen molar-refractivity contribution in [3.8, 4) is 5.75 Å².